The lowest BCUT2D eigenvalue weighted by molar-refractivity contribution is -0.326. The van der Waals surface area contributed by atoms with Gasteiger partial charge in [0.15, 0.2) is 6.29 Å². The van der Waals surface area contributed by atoms with E-state index in [2.05, 4.69) is 48.1 Å². The lowest BCUT2D eigenvalue weighted by Crippen LogP contribution is -2.67. The SMILES string of the molecule is C=C(C)[C@@H]1CC[C@]2(C(=O)O)CC[C@]3(C)[C@H](CC[C@@H]4[C@@]5(C)CC[C@H](O[C@@H]6O[C@@H](C)[C@H](O)[C@@H](O)[C@H]6O)C(C)(C)[C@@H]5CC[C@]43C)[C@@H]12. The largest absolute Gasteiger partial charge is 0.481 e. The molecule has 4 N–H and O–H groups in total. The minimum atomic E-state index is -1.29. The molecule has 244 valence electrons. The van der Waals surface area contributed by atoms with Crippen LogP contribution in [0.1, 0.15) is 113 Å². The van der Waals surface area contributed by atoms with Crippen LogP contribution >= 0.6 is 0 Å². The second-order valence-corrected chi connectivity index (χ2v) is 17.3. The standard InChI is InChI=1S/C36H58O7/c1-19(2)21-11-16-36(31(40)41)18-17-34(7)22(26(21)36)9-10-24-33(6)14-13-25(32(4,5)23(33)12-15-35(24,34)8)43-30-29(39)28(38)27(37)20(3)42-30/h20-30,37-39H,1,9-18H2,2-8H3,(H,40,41)/t20-,21-,22+,23-,24+,25-,26+,27-,28+,29+,30-,33-,34+,35+,36-/m0/s1. The van der Waals surface area contributed by atoms with Gasteiger partial charge in [0.2, 0.25) is 0 Å². The van der Waals surface area contributed by atoms with Crippen molar-refractivity contribution < 1.29 is 34.7 Å². The quantitative estimate of drug-likeness (QED) is 0.232. The minimum absolute atomic E-state index is 0.0935. The molecule has 0 amide bonds. The predicted molar refractivity (Wildman–Crippen MR) is 164 cm³/mol. The third-order valence-electron chi connectivity index (χ3n) is 15.5. The van der Waals surface area contributed by atoms with E-state index in [0.717, 1.165) is 64.2 Å². The highest BCUT2D eigenvalue weighted by atomic mass is 16.7. The van der Waals surface area contributed by atoms with Crippen LogP contribution in [-0.4, -0.2) is 63.2 Å². The topological polar surface area (TPSA) is 116 Å². The monoisotopic (exact) mass is 602 g/mol. The second-order valence-electron chi connectivity index (χ2n) is 17.3. The number of hydrogen-bond donors (Lipinski definition) is 4. The van der Waals surface area contributed by atoms with E-state index in [4.69, 9.17) is 9.47 Å². The van der Waals surface area contributed by atoms with Crippen molar-refractivity contribution >= 4 is 5.97 Å². The van der Waals surface area contributed by atoms with E-state index in [1.54, 1.807) is 6.92 Å². The van der Waals surface area contributed by atoms with Crippen LogP contribution in [0.15, 0.2) is 12.2 Å². The lowest BCUT2D eigenvalue weighted by Gasteiger charge is -2.73. The Morgan fingerprint density at radius 1 is 0.814 bits per heavy atom. The fourth-order valence-corrected chi connectivity index (χ4v) is 13.0. The molecule has 7 heteroatoms. The number of carbonyl (C=O) groups is 1. The molecule has 1 aliphatic heterocycles. The van der Waals surface area contributed by atoms with Gasteiger partial charge < -0.3 is 29.9 Å². The van der Waals surface area contributed by atoms with Gasteiger partial charge in [-0.2, -0.15) is 0 Å². The number of aliphatic hydroxyl groups is 3. The van der Waals surface area contributed by atoms with Gasteiger partial charge in [0, 0.05) is 0 Å². The molecule has 7 nitrogen and oxygen atoms in total. The highest BCUT2D eigenvalue weighted by molar-refractivity contribution is 5.76. The first-order valence-electron chi connectivity index (χ1n) is 17.2. The van der Waals surface area contributed by atoms with E-state index in [1.807, 2.05) is 0 Å². The van der Waals surface area contributed by atoms with Crippen molar-refractivity contribution in [3.05, 3.63) is 12.2 Å². The number of fused-ring (bicyclic) bond motifs is 7. The Morgan fingerprint density at radius 3 is 2.16 bits per heavy atom. The van der Waals surface area contributed by atoms with E-state index in [0.29, 0.717) is 23.7 Å². The number of aliphatic hydroxyl groups excluding tert-OH is 3. The number of rotatable bonds is 4. The molecule has 1 saturated heterocycles. The Morgan fingerprint density at radius 2 is 1.51 bits per heavy atom. The number of allylic oxidation sites excluding steroid dienone is 1. The van der Waals surface area contributed by atoms with Crippen LogP contribution in [0, 0.1) is 56.7 Å². The van der Waals surface area contributed by atoms with Gasteiger partial charge in [0.05, 0.1) is 17.6 Å². The summed E-state index contributed by atoms with van der Waals surface area (Å²) in [6.07, 6.45) is 4.48. The molecule has 43 heavy (non-hydrogen) atoms. The smallest absolute Gasteiger partial charge is 0.309 e. The summed E-state index contributed by atoms with van der Waals surface area (Å²) >= 11 is 0. The molecule has 0 bridgehead atoms. The third-order valence-corrected chi connectivity index (χ3v) is 15.5. The Labute approximate surface area is 258 Å². The van der Waals surface area contributed by atoms with E-state index in [1.165, 1.54) is 5.57 Å². The Bertz CT molecular complexity index is 1140. The maximum Gasteiger partial charge on any atom is 0.309 e. The summed E-state index contributed by atoms with van der Waals surface area (Å²) in [5.74, 6) is 1.30. The number of ether oxygens (including phenoxy) is 2. The molecule has 0 radical (unpaired) electrons. The van der Waals surface area contributed by atoms with Crippen molar-refractivity contribution in [2.45, 2.75) is 149 Å². The number of aliphatic carboxylic acids is 1. The molecule has 0 aromatic rings. The molecule has 6 rings (SSSR count). The summed E-state index contributed by atoms with van der Waals surface area (Å²) in [6.45, 7) is 20.5. The van der Waals surface area contributed by atoms with Crippen LogP contribution in [0.5, 0.6) is 0 Å². The van der Waals surface area contributed by atoms with E-state index < -0.39 is 42.1 Å². The molecule has 1 heterocycles. The Balaban J connectivity index is 1.28. The molecular formula is C36H58O7. The van der Waals surface area contributed by atoms with Gasteiger partial charge in [-0.25, -0.2) is 0 Å². The summed E-state index contributed by atoms with van der Waals surface area (Å²) in [5, 5.41) is 41.9. The van der Waals surface area contributed by atoms with Crippen LogP contribution in [0.3, 0.4) is 0 Å². The van der Waals surface area contributed by atoms with Gasteiger partial charge in [-0.1, -0.05) is 46.8 Å². The minimum Gasteiger partial charge on any atom is -0.481 e. The molecule has 5 aliphatic carbocycles. The average molecular weight is 603 g/mol. The first kappa shape index (κ1) is 32.0. The van der Waals surface area contributed by atoms with Crippen LogP contribution in [0.4, 0.5) is 0 Å². The number of hydrogen-bond acceptors (Lipinski definition) is 6. The van der Waals surface area contributed by atoms with Crippen molar-refractivity contribution in [1.82, 2.24) is 0 Å². The normalized spacial score (nSPS) is 55.8. The lowest BCUT2D eigenvalue weighted by atomic mass is 9.32. The summed E-state index contributed by atoms with van der Waals surface area (Å²) in [4.78, 5) is 12.9. The molecule has 6 aliphatic rings. The molecule has 0 spiro atoms. The van der Waals surface area contributed by atoms with Gasteiger partial charge in [0.25, 0.3) is 0 Å². The molecule has 5 saturated carbocycles. The predicted octanol–water partition coefficient (Wildman–Crippen LogP) is 5.94. The molecule has 6 fully saturated rings. The highest BCUT2D eigenvalue weighted by Crippen LogP contribution is 2.77. The molecule has 0 unspecified atom stereocenters. The number of carboxylic acids is 1. The second kappa shape index (κ2) is 10.3. The fourth-order valence-electron chi connectivity index (χ4n) is 13.0. The molecular weight excluding hydrogens is 544 g/mol. The molecule has 0 aromatic heterocycles. The summed E-state index contributed by atoms with van der Waals surface area (Å²) in [6, 6.07) is 0. The number of carboxylic acid groups (broad SMARTS) is 1. The van der Waals surface area contributed by atoms with Crippen molar-refractivity contribution in [3.63, 3.8) is 0 Å². The molecule has 0 aromatic carbocycles. The Hall–Kier alpha value is -0.990. The zero-order chi connectivity index (χ0) is 31.5. The zero-order valence-corrected chi connectivity index (χ0v) is 27.6. The average Bonchev–Trinajstić information content (AvgIpc) is 3.34. The van der Waals surface area contributed by atoms with Crippen LogP contribution in [0.2, 0.25) is 0 Å². The van der Waals surface area contributed by atoms with Crippen molar-refractivity contribution in [3.8, 4) is 0 Å². The first-order chi connectivity index (χ1) is 20.0. The zero-order valence-electron chi connectivity index (χ0n) is 27.6. The van der Waals surface area contributed by atoms with E-state index >= 15 is 0 Å². The van der Waals surface area contributed by atoms with E-state index in [-0.39, 0.29) is 33.7 Å². The summed E-state index contributed by atoms with van der Waals surface area (Å²) < 4.78 is 12.4. The maximum absolute atomic E-state index is 12.9. The van der Waals surface area contributed by atoms with Gasteiger partial charge in [-0.05, 0) is 129 Å². The third kappa shape index (κ3) is 4.19. The first-order valence-corrected chi connectivity index (χ1v) is 17.2. The van der Waals surface area contributed by atoms with Gasteiger partial charge in [-0.3, -0.25) is 4.79 Å². The van der Waals surface area contributed by atoms with Gasteiger partial charge in [0.1, 0.15) is 18.3 Å². The van der Waals surface area contributed by atoms with Crippen molar-refractivity contribution in [1.29, 1.82) is 0 Å². The van der Waals surface area contributed by atoms with E-state index in [9.17, 15) is 25.2 Å². The van der Waals surface area contributed by atoms with Crippen molar-refractivity contribution in [2.75, 3.05) is 0 Å². The summed E-state index contributed by atoms with van der Waals surface area (Å²) in [7, 11) is 0. The van der Waals surface area contributed by atoms with Gasteiger partial charge >= 0.3 is 5.97 Å². The van der Waals surface area contributed by atoms with Crippen molar-refractivity contribution in [2.24, 2.45) is 56.7 Å². The van der Waals surface area contributed by atoms with Crippen LogP contribution in [0.25, 0.3) is 0 Å². The Kier molecular flexibility index (Phi) is 7.62. The molecule has 15 atom stereocenters. The van der Waals surface area contributed by atoms with Crippen LogP contribution in [-0.2, 0) is 14.3 Å². The highest BCUT2D eigenvalue weighted by Gasteiger charge is 2.72. The fraction of sp³-hybridized carbons (Fsp3) is 0.917. The van der Waals surface area contributed by atoms with Crippen LogP contribution < -0.4 is 0 Å². The maximum atomic E-state index is 12.9. The van der Waals surface area contributed by atoms with Gasteiger partial charge in [-0.15, -0.1) is 0 Å². The summed E-state index contributed by atoms with van der Waals surface area (Å²) in [5.41, 5.74) is 0.767.